The van der Waals surface area contributed by atoms with Crippen LogP contribution in [0.5, 0.6) is 0 Å². The third kappa shape index (κ3) is 13.5. The van der Waals surface area contributed by atoms with Gasteiger partial charge in [-0.1, -0.05) is 52.4 Å². The predicted molar refractivity (Wildman–Crippen MR) is 136 cm³/mol. The second kappa shape index (κ2) is 20.9. The molecule has 2 aliphatic rings. The molecule has 0 aromatic heterocycles. The van der Waals surface area contributed by atoms with Gasteiger partial charge in [-0.15, -0.1) is 12.8 Å². The molecule has 34 heavy (non-hydrogen) atoms. The fourth-order valence-electron chi connectivity index (χ4n) is 3.36. The van der Waals surface area contributed by atoms with Crippen LogP contribution < -0.4 is 24.8 Å². The number of halogens is 2. The first-order valence-electron chi connectivity index (χ1n) is 11.9. The molecule has 0 saturated carbocycles. The standard InChI is InChI=1S/C13H10.2C9H13.2ClH.Ti/c1-3-7-12(8-4-1)11-13-9-5-2-6-10-13;2*1-2-3-6-9-7-4-5-8-9;;;/h1-10H;2*7-8H,2-4,6H2,1H3;2*1H;/q;2*-1;;;+2/p-2. The van der Waals surface area contributed by atoms with E-state index in [9.17, 15) is 0 Å². The van der Waals surface area contributed by atoms with E-state index in [2.05, 4.69) is 119 Å². The molecule has 180 valence electrons. The molecule has 3 heteroatoms. The average molecular weight is 527 g/mol. The van der Waals surface area contributed by atoms with E-state index in [1.165, 1.54) is 64.6 Å². The fourth-order valence-corrected chi connectivity index (χ4v) is 3.89. The molecule has 2 aromatic rings. The van der Waals surface area contributed by atoms with Crippen molar-refractivity contribution in [3.63, 3.8) is 0 Å². The van der Waals surface area contributed by atoms with Crippen molar-refractivity contribution in [3.8, 4) is 0 Å². The molecule has 0 unspecified atom stereocenters. The van der Waals surface area contributed by atoms with Crippen LogP contribution in [-0.4, -0.2) is 3.81 Å². The molecule has 0 nitrogen and oxygen atoms in total. The van der Waals surface area contributed by atoms with E-state index >= 15 is 0 Å². The van der Waals surface area contributed by atoms with Crippen LogP contribution in [0.1, 0.15) is 76.3 Å². The summed E-state index contributed by atoms with van der Waals surface area (Å²) in [5, 5.41) is 0. The van der Waals surface area contributed by atoms with Crippen LogP contribution in [0.15, 0.2) is 96.1 Å². The zero-order valence-electron chi connectivity index (χ0n) is 20.5. The first-order valence-corrected chi connectivity index (χ1v) is 12.7. The van der Waals surface area contributed by atoms with Gasteiger partial charge in [0.1, 0.15) is 0 Å². The zero-order valence-corrected chi connectivity index (χ0v) is 23.6. The normalized spacial score (nSPS) is 12.7. The van der Waals surface area contributed by atoms with Gasteiger partial charge >= 0.3 is 95.6 Å². The summed E-state index contributed by atoms with van der Waals surface area (Å²) in [5.41, 5.74) is 5.55. The van der Waals surface area contributed by atoms with E-state index < -0.39 is 0 Å². The summed E-state index contributed by atoms with van der Waals surface area (Å²) in [7, 11) is 0. The number of hydrogen-bond acceptors (Lipinski definition) is 0. The van der Waals surface area contributed by atoms with Gasteiger partial charge in [0.05, 0.1) is 0 Å². The van der Waals surface area contributed by atoms with Crippen molar-refractivity contribution in [2.75, 3.05) is 0 Å². The summed E-state index contributed by atoms with van der Waals surface area (Å²) in [6.07, 6.45) is 24.9. The number of allylic oxidation sites excluding steroid dienone is 8. The monoisotopic (exact) mass is 526 g/mol. The third-order valence-electron chi connectivity index (χ3n) is 5.30. The summed E-state index contributed by atoms with van der Waals surface area (Å²) in [5.74, 6) is 0. The van der Waals surface area contributed by atoms with Gasteiger partial charge in [-0.05, 0) is 0 Å². The van der Waals surface area contributed by atoms with Gasteiger partial charge in [-0.25, -0.2) is 23.3 Å². The molecular formula is C31H36Cl2Ti-2. The van der Waals surface area contributed by atoms with Crippen molar-refractivity contribution >= 4 is 3.81 Å². The molecule has 0 radical (unpaired) electrons. The van der Waals surface area contributed by atoms with Crippen LogP contribution in [0.3, 0.4) is 0 Å². The van der Waals surface area contributed by atoms with Crippen molar-refractivity contribution in [3.05, 3.63) is 119 Å². The van der Waals surface area contributed by atoms with E-state index in [1.54, 1.807) is 0 Å². The summed E-state index contributed by atoms with van der Waals surface area (Å²) in [4.78, 5) is 0. The summed E-state index contributed by atoms with van der Waals surface area (Å²) < 4.78 is 1.33. The molecule has 0 bridgehead atoms. The molecule has 0 N–H and O–H groups in total. The Morgan fingerprint density at radius 1 is 0.676 bits per heavy atom. The van der Waals surface area contributed by atoms with Gasteiger partial charge in [0.15, 0.2) is 0 Å². The Morgan fingerprint density at radius 2 is 1.06 bits per heavy atom. The molecule has 0 amide bonds. The zero-order chi connectivity index (χ0) is 22.9. The summed E-state index contributed by atoms with van der Waals surface area (Å²) in [6.45, 7) is 4.45. The topological polar surface area (TPSA) is 0 Å². The van der Waals surface area contributed by atoms with Crippen LogP contribution in [0.25, 0.3) is 0 Å². The van der Waals surface area contributed by atoms with Crippen molar-refractivity contribution in [2.24, 2.45) is 0 Å². The van der Waals surface area contributed by atoms with Gasteiger partial charge in [0, 0.05) is 0 Å². The van der Waals surface area contributed by atoms with Crippen LogP contribution >= 0.6 is 0 Å². The van der Waals surface area contributed by atoms with Gasteiger partial charge in [-0.3, -0.25) is 12.2 Å². The van der Waals surface area contributed by atoms with Gasteiger partial charge < -0.3 is 24.8 Å². The maximum atomic E-state index is 3.16. The van der Waals surface area contributed by atoms with E-state index in [0.29, 0.717) is 0 Å². The number of unbranched alkanes of at least 4 members (excludes halogenated alkanes) is 2. The predicted octanol–water partition coefficient (Wildman–Crippen LogP) is 2.54. The Morgan fingerprint density at radius 3 is 1.35 bits per heavy atom. The Labute approximate surface area is 232 Å². The van der Waals surface area contributed by atoms with Crippen LogP contribution in [0, 0.1) is 12.2 Å². The van der Waals surface area contributed by atoms with E-state index in [0.717, 1.165) is 12.8 Å². The molecule has 0 fully saturated rings. The van der Waals surface area contributed by atoms with Crippen LogP contribution in [0.4, 0.5) is 0 Å². The van der Waals surface area contributed by atoms with E-state index in [1.807, 2.05) is 12.1 Å². The second-order valence-corrected chi connectivity index (χ2v) is 8.76. The maximum absolute atomic E-state index is 3.16. The average Bonchev–Trinajstić information content (AvgIpc) is 3.57. The minimum absolute atomic E-state index is 0. The molecule has 0 aliphatic heterocycles. The molecular weight excluding hydrogens is 491 g/mol. The molecule has 2 aromatic carbocycles. The Balaban J connectivity index is 0.000000485. The van der Waals surface area contributed by atoms with Crippen LogP contribution in [0.2, 0.25) is 0 Å². The van der Waals surface area contributed by atoms with Crippen molar-refractivity contribution < 1.29 is 44.8 Å². The molecule has 0 spiro atoms. The first-order chi connectivity index (χ1) is 15.7. The SMILES string of the molecule is CCCCC1=CC[C-]=C1.CCCCC1=CC[C-]=C1.[Cl-].[Cl-].[Ti+2]=[C](c1ccccc1)c1ccccc1. The van der Waals surface area contributed by atoms with Crippen LogP contribution in [-0.2, 0) is 20.0 Å². The van der Waals surface area contributed by atoms with E-state index in [-0.39, 0.29) is 24.8 Å². The van der Waals surface area contributed by atoms with Gasteiger partial charge in [0.25, 0.3) is 0 Å². The minimum atomic E-state index is 0. The molecule has 4 rings (SSSR count). The van der Waals surface area contributed by atoms with Gasteiger partial charge in [-0.2, -0.15) is 12.2 Å². The molecule has 0 atom stereocenters. The van der Waals surface area contributed by atoms with Crippen molar-refractivity contribution in [2.45, 2.75) is 65.2 Å². The molecule has 0 heterocycles. The first kappa shape index (κ1) is 32.6. The van der Waals surface area contributed by atoms with Crippen molar-refractivity contribution in [1.82, 2.24) is 0 Å². The molecule has 0 saturated heterocycles. The molecule has 2 aliphatic carbocycles. The Kier molecular flexibility index (Phi) is 20.0. The quantitative estimate of drug-likeness (QED) is 0.366. The number of benzene rings is 2. The summed E-state index contributed by atoms with van der Waals surface area (Å²) in [6, 6.07) is 20.9. The second-order valence-electron chi connectivity index (χ2n) is 7.98. The number of rotatable bonds is 8. The van der Waals surface area contributed by atoms with Gasteiger partial charge in [0.2, 0.25) is 0 Å². The summed E-state index contributed by atoms with van der Waals surface area (Å²) >= 11 is 2.16. The van der Waals surface area contributed by atoms with E-state index in [4.69, 9.17) is 0 Å². The van der Waals surface area contributed by atoms with Crippen molar-refractivity contribution in [1.29, 1.82) is 0 Å². The Bertz CT molecular complexity index is 833. The number of hydrogen-bond donors (Lipinski definition) is 0. The third-order valence-corrected chi connectivity index (χ3v) is 6.20. The fraction of sp³-hybridized carbons (Fsp3) is 0.323. The Hall–Kier alpha value is -1.44.